The number of hydrogen-bond donors (Lipinski definition) is 2. The van der Waals surface area contributed by atoms with Crippen LogP contribution in [0.5, 0.6) is 0 Å². The smallest absolute Gasteiger partial charge is 0.257 e. The number of rotatable bonds is 4. The number of hydrogen-bond acceptors (Lipinski definition) is 5. The number of tetrazole rings is 1. The standard InChI is InChI=1S/C15H12FN5O2/c16-12-7-6-11(21-9-17-19-20-21)8-13(12)18-15(23)14(22)10-4-2-1-3-5-10/h1-9,14,22H,(H,18,23). The molecule has 3 rings (SSSR count). The number of anilines is 1. The SMILES string of the molecule is O=C(Nc1cc(-n2cnnn2)ccc1F)C(O)c1ccccc1. The number of nitrogens with zero attached hydrogens (tertiary/aromatic N) is 4. The van der Waals surface area contributed by atoms with Crippen molar-refractivity contribution in [2.45, 2.75) is 6.10 Å². The summed E-state index contributed by atoms with van der Waals surface area (Å²) in [6, 6.07) is 12.4. The molecule has 0 saturated carbocycles. The summed E-state index contributed by atoms with van der Waals surface area (Å²) in [5, 5.41) is 23.1. The van der Waals surface area contributed by atoms with Crippen LogP contribution in [0.4, 0.5) is 10.1 Å². The first-order chi connectivity index (χ1) is 11.1. The molecule has 1 aromatic heterocycles. The molecule has 116 valence electrons. The maximum atomic E-state index is 13.9. The summed E-state index contributed by atoms with van der Waals surface area (Å²) in [4.78, 5) is 12.1. The summed E-state index contributed by atoms with van der Waals surface area (Å²) >= 11 is 0. The highest BCUT2D eigenvalue weighted by Gasteiger charge is 2.18. The number of carbonyl (C=O) groups excluding carboxylic acids is 1. The summed E-state index contributed by atoms with van der Waals surface area (Å²) < 4.78 is 15.2. The van der Waals surface area contributed by atoms with Crippen LogP contribution in [0.3, 0.4) is 0 Å². The molecule has 3 aromatic rings. The molecule has 8 heteroatoms. The van der Waals surface area contributed by atoms with E-state index >= 15 is 0 Å². The second-order valence-corrected chi connectivity index (χ2v) is 4.72. The lowest BCUT2D eigenvalue weighted by Gasteiger charge is -2.13. The van der Waals surface area contributed by atoms with E-state index in [1.165, 1.54) is 29.2 Å². The van der Waals surface area contributed by atoms with Crippen molar-refractivity contribution in [3.8, 4) is 5.69 Å². The van der Waals surface area contributed by atoms with Crippen LogP contribution in [0.15, 0.2) is 54.9 Å². The number of aliphatic hydroxyl groups excluding tert-OH is 1. The highest BCUT2D eigenvalue weighted by Crippen LogP contribution is 2.21. The van der Waals surface area contributed by atoms with Crippen LogP contribution in [0.25, 0.3) is 5.69 Å². The van der Waals surface area contributed by atoms with Crippen molar-refractivity contribution in [3.63, 3.8) is 0 Å². The van der Waals surface area contributed by atoms with Crippen LogP contribution >= 0.6 is 0 Å². The molecule has 0 fully saturated rings. The zero-order chi connectivity index (χ0) is 16.2. The number of benzene rings is 2. The molecule has 1 amide bonds. The summed E-state index contributed by atoms with van der Waals surface area (Å²) in [5.41, 5.74) is 0.820. The fourth-order valence-electron chi connectivity index (χ4n) is 2.02. The maximum Gasteiger partial charge on any atom is 0.257 e. The van der Waals surface area contributed by atoms with Gasteiger partial charge in [0, 0.05) is 0 Å². The molecule has 0 spiro atoms. The van der Waals surface area contributed by atoms with E-state index in [2.05, 4.69) is 20.8 Å². The van der Waals surface area contributed by atoms with Gasteiger partial charge in [-0.15, -0.1) is 5.10 Å². The highest BCUT2D eigenvalue weighted by atomic mass is 19.1. The van der Waals surface area contributed by atoms with E-state index in [-0.39, 0.29) is 5.69 Å². The van der Waals surface area contributed by atoms with Crippen molar-refractivity contribution in [3.05, 3.63) is 66.2 Å². The van der Waals surface area contributed by atoms with Gasteiger partial charge in [-0.25, -0.2) is 9.07 Å². The van der Waals surface area contributed by atoms with Crippen LogP contribution in [-0.4, -0.2) is 31.2 Å². The molecule has 1 unspecified atom stereocenters. The number of halogens is 1. The zero-order valence-electron chi connectivity index (χ0n) is 11.8. The third-order valence-electron chi connectivity index (χ3n) is 3.19. The first kappa shape index (κ1) is 14.8. The Labute approximate surface area is 130 Å². The highest BCUT2D eigenvalue weighted by molar-refractivity contribution is 5.95. The van der Waals surface area contributed by atoms with Gasteiger partial charge < -0.3 is 10.4 Å². The van der Waals surface area contributed by atoms with E-state index in [0.717, 1.165) is 0 Å². The molecule has 0 radical (unpaired) electrons. The normalized spacial score (nSPS) is 11.9. The molecule has 0 aliphatic heterocycles. The van der Waals surface area contributed by atoms with Crippen molar-refractivity contribution in [1.29, 1.82) is 0 Å². The van der Waals surface area contributed by atoms with Crippen molar-refractivity contribution in [2.24, 2.45) is 0 Å². The Morgan fingerprint density at radius 1 is 1.22 bits per heavy atom. The minimum absolute atomic E-state index is 0.0713. The minimum atomic E-state index is -1.40. The number of nitrogens with one attached hydrogen (secondary N) is 1. The third-order valence-corrected chi connectivity index (χ3v) is 3.19. The first-order valence-electron chi connectivity index (χ1n) is 6.72. The van der Waals surface area contributed by atoms with E-state index in [1.807, 2.05) is 0 Å². The maximum absolute atomic E-state index is 13.9. The van der Waals surface area contributed by atoms with Gasteiger partial charge in [0.1, 0.15) is 12.1 Å². The predicted molar refractivity (Wildman–Crippen MR) is 79.1 cm³/mol. The van der Waals surface area contributed by atoms with Gasteiger partial charge in [0.15, 0.2) is 6.10 Å². The van der Waals surface area contributed by atoms with Gasteiger partial charge in [-0.2, -0.15) is 0 Å². The van der Waals surface area contributed by atoms with Gasteiger partial charge >= 0.3 is 0 Å². The van der Waals surface area contributed by atoms with Crippen LogP contribution in [-0.2, 0) is 4.79 Å². The molecule has 2 N–H and O–H groups in total. The average molecular weight is 313 g/mol. The van der Waals surface area contributed by atoms with E-state index in [0.29, 0.717) is 11.3 Å². The van der Waals surface area contributed by atoms with Crippen molar-refractivity contribution >= 4 is 11.6 Å². The Balaban J connectivity index is 1.82. The lowest BCUT2D eigenvalue weighted by Crippen LogP contribution is -2.21. The van der Waals surface area contributed by atoms with E-state index < -0.39 is 17.8 Å². The second-order valence-electron chi connectivity index (χ2n) is 4.72. The zero-order valence-corrected chi connectivity index (χ0v) is 11.8. The summed E-state index contributed by atoms with van der Waals surface area (Å²) in [6.07, 6.45) is -0.0511. The fourth-order valence-corrected chi connectivity index (χ4v) is 2.02. The molecule has 1 atom stereocenters. The largest absolute Gasteiger partial charge is 0.378 e. The van der Waals surface area contributed by atoms with Crippen LogP contribution < -0.4 is 5.32 Å². The monoisotopic (exact) mass is 313 g/mol. The third kappa shape index (κ3) is 3.22. The quantitative estimate of drug-likeness (QED) is 0.761. The molecule has 2 aromatic carbocycles. The van der Waals surface area contributed by atoms with Crippen molar-refractivity contribution in [1.82, 2.24) is 20.2 Å². The average Bonchev–Trinajstić information content (AvgIpc) is 3.11. The Morgan fingerprint density at radius 3 is 2.70 bits per heavy atom. The van der Waals surface area contributed by atoms with Gasteiger partial charge in [-0.1, -0.05) is 30.3 Å². The molecule has 7 nitrogen and oxygen atoms in total. The second kappa shape index (κ2) is 6.32. The van der Waals surface area contributed by atoms with Gasteiger partial charge in [0.05, 0.1) is 11.4 Å². The Bertz CT molecular complexity index is 808. The number of carbonyl (C=O) groups is 1. The fraction of sp³-hybridized carbons (Fsp3) is 0.0667. The Hall–Kier alpha value is -3.13. The molecule has 0 bridgehead atoms. The van der Waals surface area contributed by atoms with E-state index in [4.69, 9.17) is 0 Å². The molecular weight excluding hydrogens is 301 g/mol. The molecule has 0 saturated heterocycles. The van der Waals surface area contributed by atoms with E-state index in [9.17, 15) is 14.3 Å². The Morgan fingerprint density at radius 2 is 2.00 bits per heavy atom. The van der Waals surface area contributed by atoms with Gasteiger partial charge in [-0.3, -0.25) is 4.79 Å². The van der Waals surface area contributed by atoms with Gasteiger partial charge in [0.2, 0.25) is 0 Å². The summed E-state index contributed by atoms with van der Waals surface area (Å²) in [7, 11) is 0. The number of aromatic nitrogens is 4. The molecule has 23 heavy (non-hydrogen) atoms. The molecule has 0 aliphatic carbocycles. The first-order valence-corrected chi connectivity index (χ1v) is 6.72. The van der Waals surface area contributed by atoms with E-state index in [1.54, 1.807) is 30.3 Å². The van der Waals surface area contributed by atoms with Crippen LogP contribution in [0.2, 0.25) is 0 Å². The van der Waals surface area contributed by atoms with Crippen LogP contribution in [0.1, 0.15) is 11.7 Å². The van der Waals surface area contributed by atoms with Crippen molar-refractivity contribution in [2.75, 3.05) is 5.32 Å². The molecule has 1 heterocycles. The minimum Gasteiger partial charge on any atom is -0.378 e. The lowest BCUT2D eigenvalue weighted by atomic mass is 10.1. The Kier molecular flexibility index (Phi) is 4.07. The van der Waals surface area contributed by atoms with Crippen LogP contribution in [0, 0.1) is 5.82 Å². The lowest BCUT2D eigenvalue weighted by molar-refractivity contribution is -0.124. The summed E-state index contributed by atoms with van der Waals surface area (Å²) in [5.74, 6) is -1.36. The number of amides is 1. The number of aliphatic hydroxyl groups is 1. The molecular formula is C15H12FN5O2. The predicted octanol–water partition coefficient (Wildman–Crippen LogP) is 1.47. The van der Waals surface area contributed by atoms with Gasteiger partial charge in [0.25, 0.3) is 5.91 Å². The molecule has 0 aliphatic rings. The summed E-state index contributed by atoms with van der Waals surface area (Å²) in [6.45, 7) is 0. The van der Waals surface area contributed by atoms with Crippen molar-refractivity contribution < 1.29 is 14.3 Å². The van der Waals surface area contributed by atoms with Gasteiger partial charge in [-0.05, 0) is 34.2 Å². The topological polar surface area (TPSA) is 92.9 Å².